The van der Waals surface area contributed by atoms with Crippen LogP contribution in [-0.2, 0) is 15.7 Å². The van der Waals surface area contributed by atoms with Crippen LogP contribution in [-0.4, -0.2) is 71.1 Å². The summed E-state index contributed by atoms with van der Waals surface area (Å²) in [6, 6.07) is 5.27. The molecular weight excluding hydrogens is 413 g/mol. The van der Waals surface area contributed by atoms with Gasteiger partial charge in [0, 0.05) is 51.4 Å². The number of hydrogen-bond donors (Lipinski definition) is 1. The average molecular weight is 440 g/mol. The Balaban J connectivity index is 1.87. The van der Waals surface area contributed by atoms with Crippen molar-refractivity contribution in [3.8, 4) is 6.07 Å². The van der Waals surface area contributed by atoms with Crippen molar-refractivity contribution in [2.75, 3.05) is 65.1 Å². The number of benzene rings is 1. The van der Waals surface area contributed by atoms with E-state index in [9.17, 15) is 18.0 Å². The number of carbonyl (C=O) groups excluding carboxylic acids is 1. The van der Waals surface area contributed by atoms with Gasteiger partial charge in [0.1, 0.15) is 0 Å². The first-order valence-electron chi connectivity index (χ1n) is 10.1. The number of carbonyl (C=O) groups is 1. The summed E-state index contributed by atoms with van der Waals surface area (Å²) in [6.07, 6.45) is -3.87. The second-order valence-corrected chi connectivity index (χ2v) is 8.09. The van der Waals surface area contributed by atoms with Crippen molar-refractivity contribution in [2.24, 2.45) is 11.3 Å². The van der Waals surface area contributed by atoms with Gasteiger partial charge in [-0.3, -0.25) is 0 Å². The molecule has 2 aliphatic rings. The number of ether oxygens (including phenoxy) is 2. The van der Waals surface area contributed by atoms with Gasteiger partial charge < -0.3 is 24.6 Å². The van der Waals surface area contributed by atoms with E-state index in [-0.39, 0.29) is 11.9 Å². The number of likely N-dealkylation sites (tertiary alicyclic amines) is 1. The second-order valence-electron chi connectivity index (χ2n) is 8.09. The number of nitrogens with one attached hydrogen (secondary N) is 1. The van der Waals surface area contributed by atoms with Crippen LogP contribution in [0.4, 0.5) is 23.7 Å². The number of fused-ring (bicyclic) bond motifs is 1. The summed E-state index contributed by atoms with van der Waals surface area (Å²) in [7, 11) is 3.16. The molecule has 170 valence electrons. The van der Waals surface area contributed by atoms with E-state index in [1.807, 2.05) is 4.90 Å². The Morgan fingerprint density at radius 3 is 2.77 bits per heavy atom. The van der Waals surface area contributed by atoms with Gasteiger partial charge in [0.15, 0.2) is 0 Å². The number of nitrogens with zero attached hydrogens (tertiary/aromatic N) is 3. The molecular formula is C21H27F3N4O3. The molecule has 0 aromatic heterocycles. The van der Waals surface area contributed by atoms with Gasteiger partial charge in [-0.2, -0.15) is 18.4 Å². The summed E-state index contributed by atoms with van der Waals surface area (Å²) in [5.41, 5.74) is -1.30. The van der Waals surface area contributed by atoms with E-state index in [0.29, 0.717) is 51.7 Å². The zero-order valence-corrected chi connectivity index (χ0v) is 17.7. The monoisotopic (exact) mass is 440 g/mol. The van der Waals surface area contributed by atoms with E-state index in [1.165, 1.54) is 6.07 Å². The smallest absolute Gasteiger partial charge is 0.382 e. The highest BCUT2D eigenvalue weighted by Gasteiger charge is 2.51. The number of amides is 2. The topological polar surface area (TPSA) is 77.8 Å². The number of methoxy groups -OCH3 is 1. The fourth-order valence-electron chi connectivity index (χ4n) is 4.60. The molecule has 0 saturated carbocycles. The van der Waals surface area contributed by atoms with Crippen LogP contribution >= 0.6 is 0 Å². The van der Waals surface area contributed by atoms with Crippen LogP contribution in [0.15, 0.2) is 18.2 Å². The van der Waals surface area contributed by atoms with Gasteiger partial charge in [-0.1, -0.05) is 0 Å². The SMILES string of the molecule is CNC(=O)N1CC[C@@H]2CN(c3ccc(C#N)c(C(F)(F)F)c3)C[C@]2(COCCOC)C1. The van der Waals surface area contributed by atoms with Crippen molar-refractivity contribution in [2.45, 2.75) is 12.6 Å². The summed E-state index contributed by atoms with van der Waals surface area (Å²) in [6.45, 7) is 3.30. The third-order valence-electron chi connectivity index (χ3n) is 6.18. The Kier molecular flexibility index (Phi) is 6.96. The molecule has 0 unspecified atom stereocenters. The summed E-state index contributed by atoms with van der Waals surface area (Å²) in [5, 5.41) is 11.7. The van der Waals surface area contributed by atoms with Crippen molar-refractivity contribution < 1.29 is 27.4 Å². The minimum atomic E-state index is -4.61. The predicted molar refractivity (Wildman–Crippen MR) is 108 cm³/mol. The second kappa shape index (κ2) is 9.32. The zero-order valence-electron chi connectivity index (χ0n) is 17.7. The Labute approximate surface area is 179 Å². The number of urea groups is 1. The third-order valence-corrected chi connectivity index (χ3v) is 6.18. The van der Waals surface area contributed by atoms with Gasteiger partial charge in [-0.15, -0.1) is 0 Å². The van der Waals surface area contributed by atoms with Crippen LogP contribution in [0.5, 0.6) is 0 Å². The minimum absolute atomic E-state index is 0.168. The van der Waals surface area contributed by atoms with Gasteiger partial charge in [-0.25, -0.2) is 4.79 Å². The van der Waals surface area contributed by atoms with Crippen molar-refractivity contribution in [1.29, 1.82) is 5.26 Å². The van der Waals surface area contributed by atoms with E-state index in [0.717, 1.165) is 12.5 Å². The lowest BCUT2D eigenvalue weighted by molar-refractivity contribution is -0.137. The molecule has 0 aliphatic carbocycles. The number of halogens is 3. The summed E-state index contributed by atoms with van der Waals surface area (Å²) in [5.74, 6) is 0.168. The van der Waals surface area contributed by atoms with E-state index in [1.54, 1.807) is 31.2 Å². The fraction of sp³-hybridized carbons (Fsp3) is 0.619. The van der Waals surface area contributed by atoms with Crippen LogP contribution in [0.1, 0.15) is 17.5 Å². The molecule has 10 heteroatoms. The lowest BCUT2D eigenvalue weighted by Gasteiger charge is -2.43. The zero-order chi connectivity index (χ0) is 22.6. The van der Waals surface area contributed by atoms with Crippen molar-refractivity contribution >= 4 is 11.7 Å². The van der Waals surface area contributed by atoms with E-state index in [4.69, 9.17) is 14.7 Å². The van der Waals surface area contributed by atoms with Crippen molar-refractivity contribution in [1.82, 2.24) is 10.2 Å². The summed E-state index contributed by atoms with van der Waals surface area (Å²) >= 11 is 0. The molecule has 2 amide bonds. The fourth-order valence-corrected chi connectivity index (χ4v) is 4.60. The highest BCUT2D eigenvalue weighted by molar-refractivity contribution is 5.74. The molecule has 1 N–H and O–H groups in total. The number of rotatable bonds is 6. The molecule has 0 spiro atoms. The standard InChI is InChI=1S/C21H27F3N4O3/c1-26-19(29)27-6-5-16-11-28(13-20(16,12-27)14-31-8-7-30-2)17-4-3-15(10-25)18(9-17)21(22,23)24/h3-4,9,16H,5-8,11-14H2,1-2H3,(H,26,29)/t16-,20+/m1/s1. The van der Waals surface area contributed by atoms with E-state index < -0.39 is 22.7 Å². The lowest BCUT2D eigenvalue weighted by Crippen LogP contribution is -2.54. The average Bonchev–Trinajstić information content (AvgIpc) is 3.14. The van der Waals surface area contributed by atoms with Gasteiger partial charge >= 0.3 is 12.2 Å². The molecule has 7 nitrogen and oxygen atoms in total. The van der Waals surface area contributed by atoms with Gasteiger partial charge in [0.05, 0.1) is 37.0 Å². The molecule has 3 rings (SSSR count). The molecule has 0 bridgehead atoms. The molecule has 2 saturated heterocycles. The van der Waals surface area contributed by atoms with Crippen LogP contribution in [0.3, 0.4) is 0 Å². The maximum atomic E-state index is 13.4. The molecule has 2 aliphatic heterocycles. The van der Waals surface area contributed by atoms with Gasteiger partial charge in [-0.05, 0) is 30.5 Å². The number of anilines is 1. The molecule has 31 heavy (non-hydrogen) atoms. The van der Waals surface area contributed by atoms with Gasteiger partial charge in [0.25, 0.3) is 0 Å². The highest BCUT2D eigenvalue weighted by Crippen LogP contribution is 2.45. The first kappa shape index (κ1) is 23.2. The number of piperidine rings is 1. The maximum absolute atomic E-state index is 13.4. The maximum Gasteiger partial charge on any atom is 0.417 e. The van der Waals surface area contributed by atoms with E-state index >= 15 is 0 Å². The molecule has 2 heterocycles. The first-order chi connectivity index (χ1) is 14.7. The van der Waals surface area contributed by atoms with Crippen LogP contribution in [0.2, 0.25) is 0 Å². The van der Waals surface area contributed by atoms with Crippen LogP contribution in [0, 0.1) is 22.7 Å². The van der Waals surface area contributed by atoms with Gasteiger partial charge in [0.2, 0.25) is 0 Å². The third kappa shape index (κ3) is 4.88. The van der Waals surface area contributed by atoms with E-state index in [2.05, 4.69) is 5.32 Å². The molecule has 2 atom stereocenters. The quantitative estimate of drug-likeness (QED) is 0.689. The molecule has 0 radical (unpaired) electrons. The number of alkyl halides is 3. The number of hydrogen-bond acceptors (Lipinski definition) is 5. The largest absolute Gasteiger partial charge is 0.417 e. The Bertz CT molecular complexity index is 842. The van der Waals surface area contributed by atoms with Crippen LogP contribution < -0.4 is 10.2 Å². The minimum Gasteiger partial charge on any atom is -0.382 e. The van der Waals surface area contributed by atoms with Crippen molar-refractivity contribution in [3.05, 3.63) is 29.3 Å². The summed E-state index contributed by atoms with van der Waals surface area (Å²) < 4.78 is 51.2. The Morgan fingerprint density at radius 1 is 1.35 bits per heavy atom. The Hall–Kier alpha value is -2.51. The highest BCUT2D eigenvalue weighted by atomic mass is 19.4. The molecule has 1 aromatic rings. The normalized spacial score (nSPS) is 23.4. The Morgan fingerprint density at radius 2 is 2.13 bits per heavy atom. The first-order valence-corrected chi connectivity index (χ1v) is 10.1. The molecule has 2 fully saturated rings. The lowest BCUT2D eigenvalue weighted by atomic mass is 9.74. The van der Waals surface area contributed by atoms with Crippen molar-refractivity contribution in [3.63, 3.8) is 0 Å². The van der Waals surface area contributed by atoms with Crippen LogP contribution in [0.25, 0.3) is 0 Å². The number of nitriles is 1. The summed E-state index contributed by atoms with van der Waals surface area (Å²) in [4.78, 5) is 15.9. The molecule has 1 aromatic carbocycles. The predicted octanol–water partition coefficient (Wildman–Crippen LogP) is 2.71.